The number of sulfonamides is 1. The van der Waals surface area contributed by atoms with Gasteiger partial charge in [-0.2, -0.15) is 4.31 Å². The van der Waals surface area contributed by atoms with Crippen molar-refractivity contribution in [3.05, 3.63) is 48.0 Å². The SMILES string of the molecule is CS(=O)(=O)c1ccc2nc(N(CC3CCCO3)C(=O)c3ccc(S(=O)(=O)N4CCCCC4)cc3)sc2c1. The molecule has 2 saturated heterocycles. The maximum absolute atomic E-state index is 13.7. The molecule has 198 valence electrons. The van der Waals surface area contributed by atoms with Gasteiger partial charge in [0.1, 0.15) is 0 Å². The van der Waals surface area contributed by atoms with Gasteiger partial charge in [-0.05, 0) is 68.1 Å². The number of nitrogens with zero attached hydrogens (tertiary/aromatic N) is 3. The van der Waals surface area contributed by atoms with Gasteiger partial charge in [0, 0.05) is 31.5 Å². The van der Waals surface area contributed by atoms with Crippen LogP contribution in [0.4, 0.5) is 5.13 Å². The minimum Gasteiger partial charge on any atom is -0.376 e. The Morgan fingerprint density at radius 2 is 1.73 bits per heavy atom. The molecule has 2 fully saturated rings. The number of amides is 1. The number of aromatic nitrogens is 1. The largest absolute Gasteiger partial charge is 0.376 e. The molecule has 0 N–H and O–H groups in total. The monoisotopic (exact) mass is 563 g/mol. The maximum atomic E-state index is 13.7. The zero-order chi connectivity index (χ0) is 26.2. The van der Waals surface area contributed by atoms with Crippen LogP contribution in [0.1, 0.15) is 42.5 Å². The molecule has 1 atom stereocenters. The van der Waals surface area contributed by atoms with Crippen LogP contribution in [0, 0.1) is 0 Å². The molecule has 9 nitrogen and oxygen atoms in total. The van der Waals surface area contributed by atoms with E-state index in [-0.39, 0.29) is 21.8 Å². The van der Waals surface area contributed by atoms with E-state index in [0.717, 1.165) is 38.4 Å². The van der Waals surface area contributed by atoms with Crippen molar-refractivity contribution in [1.29, 1.82) is 0 Å². The summed E-state index contributed by atoms with van der Waals surface area (Å²) in [7, 11) is -6.98. The maximum Gasteiger partial charge on any atom is 0.260 e. The van der Waals surface area contributed by atoms with Crippen LogP contribution in [-0.4, -0.2) is 70.6 Å². The lowest BCUT2D eigenvalue weighted by molar-refractivity contribution is 0.0917. The molecular weight excluding hydrogens is 534 g/mol. The number of ether oxygens (including phenoxy) is 1. The van der Waals surface area contributed by atoms with Crippen molar-refractivity contribution in [1.82, 2.24) is 9.29 Å². The molecule has 0 bridgehead atoms. The Bertz CT molecular complexity index is 1500. The second-order valence-electron chi connectivity index (χ2n) is 9.44. The lowest BCUT2D eigenvalue weighted by atomic mass is 10.2. The minimum absolute atomic E-state index is 0.138. The van der Waals surface area contributed by atoms with Crippen LogP contribution in [0.25, 0.3) is 10.2 Å². The zero-order valence-corrected chi connectivity index (χ0v) is 22.9. The van der Waals surface area contributed by atoms with Gasteiger partial charge < -0.3 is 4.74 Å². The first kappa shape index (κ1) is 26.2. The van der Waals surface area contributed by atoms with Crippen LogP contribution in [-0.2, 0) is 24.6 Å². The van der Waals surface area contributed by atoms with Gasteiger partial charge in [0.15, 0.2) is 15.0 Å². The highest BCUT2D eigenvalue weighted by Gasteiger charge is 2.29. The zero-order valence-electron chi connectivity index (χ0n) is 20.5. The van der Waals surface area contributed by atoms with Crippen molar-refractivity contribution in [2.45, 2.75) is 48.0 Å². The molecule has 0 aliphatic carbocycles. The fraction of sp³-hybridized carbons (Fsp3) is 0.440. The third-order valence-corrected chi connectivity index (χ3v) is 10.8. The average molecular weight is 564 g/mol. The van der Waals surface area contributed by atoms with E-state index in [2.05, 4.69) is 4.98 Å². The Morgan fingerprint density at radius 3 is 2.38 bits per heavy atom. The lowest BCUT2D eigenvalue weighted by Gasteiger charge is -2.26. The molecule has 5 rings (SSSR count). The van der Waals surface area contributed by atoms with Gasteiger partial charge in [0.2, 0.25) is 10.0 Å². The van der Waals surface area contributed by atoms with Crippen LogP contribution in [0.3, 0.4) is 0 Å². The third-order valence-electron chi connectivity index (χ3n) is 6.72. The number of carbonyl (C=O) groups is 1. The predicted molar refractivity (Wildman–Crippen MR) is 142 cm³/mol. The molecule has 37 heavy (non-hydrogen) atoms. The van der Waals surface area contributed by atoms with E-state index in [0.29, 0.717) is 47.2 Å². The van der Waals surface area contributed by atoms with Crippen molar-refractivity contribution in [2.24, 2.45) is 0 Å². The van der Waals surface area contributed by atoms with Gasteiger partial charge >= 0.3 is 0 Å². The molecule has 3 aromatic rings. The molecule has 2 aromatic carbocycles. The average Bonchev–Trinajstić information content (AvgIpc) is 3.56. The molecule has 0 radical (unpaired) electrons. The van der Waals surface area contributed by atoms with Crippen LogP contribution >= 0.6 is 11.3 Å². The van der Waals surface area contributed by atoms with Crippen LogP contribution in [0.2, 0.25) is 0 Å². The first-order valence-electron chi connectivity index (χ1n) is 12.3. The van der Waals surface area contributed by atoms with Crippen molar-refractivity contribution < 1.29 is 26.4 Å². The standard InChI is InChI=1S/C25H29N3O6S3/c1-36(30,31)21-11-12-22-23(16-21)35-25(26-22)28(17-19-6-5-15-34-19)24(29)18-7-9-20(10-8-18)37(32,33)27-13-3-2-4-14-27/h7-12,16,19H,2-6,13-15,17H2,1H3. The summed E-state index contributed by atoms with van der Waals surface area (Å²) in [6, 6.07) is 10.8. The summed E-state index contributed by atoms with van der Waals surface area (Å²) in [5.74, 6) is -0.320. The summed E-state index contributed by atoms with van der Waals surface area (Å²) in [6.45, 7) is 1.95. The fourth-order valence-electron chi connectivity index (χ4n) is 4.66. The topological polar surface area (TPSA) is 114 Å². The normalized spacial score (nSPS) is 19.3. The molecule has 1 aromatic heterocycles. The summed E-state index contributed by atoms with van der Waals surface area (Å²) in [4.78, 5) is 20.2. The molecule has 3 heterocycles. The number of sulfone groups is 1. The van der Waals surface area contributed by atoms with Crippen LogP contribution < -0.4 is 4.90 Å². The first-order chi connectivity index (χ1) is 17.6. The molecule has 0 spiro atoms. The van der Waals surface area contributed by atoms with E-state index < -0.39 is 19.9 Å². The summed E-state index contributed by atoms with van der Waals surface area (Å²) >= 11 is 1.24. The van der Waals surface area contributed by atoms with Gasteiger partial charge in [0.25, 0.3) is 5.91 Å². The summed E-state index contributed by atoms with van der Waals surface area (Å²) in [5.41, 5.74) is 0.937. The fourth-order valence-corrected chi connectivity index (χ4v) is 7.91. The number of carbonyl (C=O) groups excluding carboxylic acids is 1. The van der Waals surface area contributed by atoms with E-state index in [4.69, 9.17) is 4.74 Å². The van der Waals surface area contributed by atoms with E-state index in [1.54, 1.807) is 17.0 Å². The quantitative estimate of drug-likeness (QED) is 0.431. The molecule has 12 heteroatoms. The van der Waals surface area contributed by atoms with Crippen molar-refractivity contribution in [2.75, 3.05) is 37.4 Å². The van der Waals surface area contributed by atoms with Gasteiger partial charge in [-0.1, -0.05) is 17.8 Å². The number of rotatable bonds is 7. The van der Waals surface area contributed by atoms with Crippen molar-refractivity contribution in [3.63, 3.8) is 0 Å². The smallest absolute Gasteiger partial charge is 0.260 e. The van der Waals surface area contributed by atoms with Gasteiger partial charge in [-0.25, -0.2) is 21.8 Å². The number of anilines is 1. The Hall–Kier alpha value is -2.38. The Labute approximate surface area is 221 Å². The summed E-state index contributed by atoms with van der Waals surface area (Å²) in [6.07, 6.45) is 5.47. The van der Waals surface area contributed by atoms with Crippen LogP contribution in [0.15, 0.2) is 52.3 Å². The molecule has 2 aliphatic heterocycles. The summed E-state index contributed by atoms with van der Waals surface area (Å²) < 4.78 is 58.0. The third kappa shape index (κ3) is 5.58. The Balaban J connectivity index is 1.45. The number of hydrogen-bond acceptors (Lipinski definition) is 8. The highest BCUT2D eigenvalue weighted by atomic mass is 32.2. The number of fused-ring (bicyclic) bond motifs is 1. The lowest BCUT2D eigenvalue weighted by Crippen LogP contribution is -2.37. The highest BCUT2D eigenvalue weighted by molar-refractivity contribution is 7.90. The minimum atomic E-state index is -3.60. The number of benzene rings is 2. The second-order valence-corrected chi connectivity index (χ2v) is 14.4. The number of piperidine rings is 1. The molecule has 1 unspecified atom stereocenters. The Morgan fingerprint density at radius 1 is 1.03 bits per heavy atom. The van der Waals surface area contributed by atoms with E-state index in [1.807, 2.05) is 0 Å². The van der Waals surface area contributed by atoms with E-state index in [9.17, 15) is 21.6 Å². The summed E-state index contributed by atoms with van der Waals surface area (Å²) in [5, 5.41) is 0.436. The van der Waals surface area contributed by atoms with E-state index >= 15 is 0 Å². The molecule has 1 amide bonds. The second kappa shape index (κ2) is 10.4. The van der Waals surface area contributed by atoms with E-state index in [1.165, 1.54) is 46.0 Å². The first-order valence-corrected chi connectivity index (χ1v) is 16.4. The number of hydrogen-bond donors (Lipinski definition) is 0. The molecular formula is C25H29N3O6S3. The van der Waals surface area contributed by atoms with Gasteiger partial charge in [0.05, 0.1) is 32.7 Å². The van der Waals surface area contributed by atoms with Crippen molar-refractivity contribution in [3.8, 4) is 0 Å². The number of thiazole rings is 1. The van der Waals surface area contributed by atoms with Gasteiger partial charge in [-0.3, -0.25) is 9.69 Å². The van der Waals surface area contributed by atoms with Gasteiger partial charge in [-0.15, -0.1) is 0 Å². The van der Waals surface area contributed by atoms with Crippen LogP contribution in [0.5, 0.6) is 0 Å². The molecule has 2 aliphatic rings. The predicted octanol–water partition coefficient (Wildman–Crippen LogP) is 3.70. The van der Waals surface area contributed by atoms with Crippen molar-refractivity contribution >= 4 is 52.5 Å². The Kier molecular flexibility index (Phi) is 7.38. The molecule has 0 saturated carbocycles. The highest BCUT2D eigenvalue weighted by Crippen LogP contribution is 2.32.